The number of aromatic carboxylic acids is 1. The molecular formula is C11H11F2NO4S. The van der Waals surface area contributed by atoms with Crippen LogP contribution >= 0.6 is 0 Å². The summed E-state index contributed by atoms with van der Waals surface area (Å²) in [6.45, 7) is 1.64. The summed E-state index contributed by atoms with van der Waals surface area (Å²) in [5, 5.41) is 8.69. The first-order valence-electron chi connectivity index (χ1n) is 5.42. The normalized spacial score (nSPS) is 17.2. The fraction of sp³-hybridized carbons (Fsp3) is 0.364. The first-order valence-corrected chi connectivity index (χ1v) is 6.90. The molecule has 2 rings (SSSR count). The highest BCUT2D eigenvalue weighted by molar-refractivity contribution is 7.89. The number of halogens is 2. The van der Waals surface area contributed by atoms with Gasteiger partial charge < -0.3 is 5.11 Å². The lowest BCUT2D eigenvalue weighted by molar-refractivity contribution is 0.0685. The summed E-state index contributed by atoms with van der Waals surface area (Å²) >= 11 is 0. The molecule has 0 amide bonds. The Morgan fingerprint density at radius 2 is 1.95 bits per heavy atom. The van der Waals surface area contributed by atoms with Gasteiger partial charge in [-0.2, -0.15) is 0 Å². The second-order valence-electron chi connectivity index (χ2n) is 4.71. The zero-order chi connectivity index (χ0) is 14.4. The van der Waals surface area contributed by atoms with Crippen LogP contribution in [-0.4, -0.2) is 25.0 Å². The smallest absolute Gasteiger partial charge is 0.341 e. The molecule has 0 bridgehead atoms. The molecular weight excluding hydrogens is 280 g/mol. The lowest BCUT2D eigenvalue weighted by atomic mass is 10.2. The number of benzene rings is 1. The quantitative estimate of drug-likeness (QED) is 0.880. The maximum Gasteiger partial charge on any atom is 0.341 e. The molecule has 0 saturated heterocycles. The summed E-state index contributed by atoms with van der Waals surface area (Å²) in [4.78, 5) is 9.86. The van der Waals surface area contributed by atoms with E-state index in [0.717, 1.165) is 0 Å². The average molecular weight is 291 g/mol. The molecule has 19 heavy (non-hydrogen) atoms. The van der Waals surface area contributed by atoms with Gasteiger partial charge in [0.15, 0.2) is 5.82 Å². The van der Waals surface area contributed by atoms with Crippen molar-refractivity contribution in [1.29, 1.82) is 0 Å². The minimum atomic E-state index is -4.21. The minimum absolute atomic E-state index is 0.612. The van der Waals surface area contributed by atoms with E-state index in [4.69, 9.17) is 5.11 Å². The van der Waals surface area contributed by atoms with Crippen LogP contribution in [0.2, 0.25) is 0 Å². The summed E-state index contributed by atoms with van der Waals surface area (Å²) in [6, 6.07) is 1.33. The van der Waals surface area contributed by atoms with Crippen LogP contribution in [-0.2, 0) is 10.0 Å². The van der Waals surface area contributed by atoms with Crippen molar-refractivity contribution in [3.63, 3.8) is 0 Å². The summed E-state index contributed by atoms with van der Waals surface area (Å²) in [6.07, 6.45) is 1.22. The predicted molar refractivity (Wildman–Crippen MR) is 61.3 cm³/mol. The average Bonchev–Trinajstić information content (AvgIpc) is 2.93. The molecule has 0 spiro atoms. The van der Waals surface area contributed by atoms with Crippen LogP contribution in [0.15, 0.2) is 17.0 Å². The molecule has 1 aliphatic rings. The number of sulfonamides is 1. The molecule has 0 atom stereocenters. The highest BCUT2D eigenvalue weighted by Gasteiger charge is 2.42. The van der Waals surface area contributed by atoms with Crippen molar-refractivity contribution in [2.75, 3.05) is 0 Å². The van der Waals surface area contributed by atoms with Crippen molar-refractivity contribution in [2.24, 2.45) is 0 Å². The molecule has 1 aliphatic carbocycles. The van der Waals surface area contributed by atoms with Crippen LogP contribution in [0, 0.1) is 11.6 Å². The lowest BCUT2D eigenvalue weighted by Crippen LogP contribution is -2.35. The second-order valence-corrected chi connectivity index (χ2v) is 6.36. The van der Waals surface area contributed by atoms with Crippen LogP contribution in [0.4, 0.5) is 8.78 Å². The van der Waals surface area contributed by atoms with Gasteiger partial charge in [0.25, 0.3) is 0 Å². The van der Waals surface area contributed by atoms with E-state index in [-0.39, 0.29) is 0 Å². The van der Waals surface area contributed by atoms with E-state index in [1.54, 1.807) is 6.92 Å². The number of hydrogen-bond acceptors (Lipinski definition) is 3. The highest BCUT2D eigenvalue weighted by atomic mass is 32.2. The Kier molecular flexibility index (Phi) is 3.10. The predicted octanol–water partition coefficient (Wildman–Crippen LogP) is 1.49. The fourth-order valence-electron chi connectivity index (χ4n) is 1.61. The SMILES string of the molecule is CC1(NS(=O)(=O)c2ccc(F)c(C(=O)O)c2F)CC1. The van der Waals surface area contributed by atoms with Crippen LogP contribution in [0.1, 0.15) is 30.1 Å². The Labute approximate surface area is 108 Å². The van der Waals surface area contributed by atoms with E-state index >= 15 is 0 Å². The van der Waals surface area contributed by atoms with Gasteiger partial charge in [-0.05, 0) is 31.9 Å². The van der Waals surface area contributed by atoms with Gasteiger partial charge in [0.05, 0.1) is 0 Å². The summed E-state index contributed by atoms with van der Waals surface area (Å²) in [5.41, 5.74) is -1.91. The monoisotopic (exact) mass is 291 g/mol. The molecule has 0 unspecified atom stereocenters. The van der Waals surface area contributed by atoms with Crippen molar-refractivity contribution in [3.8, 4) is 0 Å². The number of carboxylic acids is 1. The van der Waals surface area contributed by atoms with E-state index < -0.39 is 43.6 Å². The van der Waals surface area contributed by atoms with Crippen LogP contribution in [0.3, 0.4) is 0 Å². The Morgan fingerprint density at radius 3 is 2.42 bits per heavy atom. The van der Waals surface area contributed by atoms with Crippen molar-refractivity contribution in [3.05, 3.63) is 29.3 Å². The summed E-state index contributed by atoms with van der Waals surface area (Å²) in [5.74, 6) is -4.77. The molecule has 5 nitrogen and oxygen atoms in total. The lowest BCUT2D eigenvalue weighted by Gasteiger charge is -2.13. The van der Waals surface area contributed by atoms with E-state index in [1.165, 1.54) is 0 Å². The third kappa shape index (κ3) is 2.59. The molecule has 104 valence electrons. The van der Waals surface area contributed by atoms with Crippen LogP contribution < -0.4 is 4.72 Å². The fourth-order valence-corrected chi connectivity index (χ4v) is 3.15. The van der Waals surface area contributed by atoms with Crippen LogP contribution in [0.25, 0.3) is 0 Å². The van der Waals surface area contributed by atoms with Gasteiger partial charge in [-0.1, -0.05) is 0 Å². The van der Waals surface area contributed by atoms with Gasteiger partial charge in [-0.3, -0.25) is 0 Å². The summed E-state index contributed by atoms with van der Waals surface area (Å²) in [7, 11) is -4.21. The highest BCUT2D eigenvalue weighted by Crippen LogP contribution is 2.36. The van der Waals surface area contributed by atoms with E-state index in [0.29, 0.717) is 25.0 Å². The van der Waals surface area contributed by atoms with E-state index in [2.05, 4.69) is 4.72 Å². The Balaban J connectivity index is 2.51. The Morgan fingerprint density at radius 1 is 1.37 bits per heavy atom. The Bertz CT molecular complexity index is 653. The van der Waals surface area contributed by atoms with Crippen molar-refractivity contribution in [1.82, 2.24) is 4.72 Å². The van der Waals surface area contributed by atoms with Crippen molar-refractivity contribution >= 4 is 16.0 Å². The van der Waals surface area contributed by atoms with Crippen molar-refractivity contribution in [2.45, 2.75) is 30.2 Å². The molecule has 1 aromatic rings. The molecule has 1 saturated carbocycles. The largest absolute Gasteiger partial charge is 0.477 e. The first kappa shape index (κ1) is 13.9. The number of carbonyl (C=O) groups is 1. The molecule has 2 N–H and O–H groups in total. The molecule has 8 heteroatoms. The van der Waals surface area contributed by atoms with Crippen LogP contribution in [0.5, 0.6) is 0 Å². The zero-order valence-electron chi connectivity index (χ0n) is 9.91. The van der Waals surface area contributed by atoms with Gasteiger partial charge in [0, 0.05) is 5.54 Å². The minimum Gasteiger partial charge on any atom is -0.477 e. The topological polar surface area (TPSA) is 83.5 Å². The van der Waals surface area contributed by atoms with Gasteiger partial charge in [-0.15, -0.1) is 0 Å². The van der Waals surface area contributed by atoms with Gasteiger partial charge >= 0.3 is 5.97 Å². The molecule has 0 heterocycles. The third-order valence-electron chi connectivity index (χ3n) is 2.94. The molecule has 0 aliphatic heterocycles. The third-order valence-corrected chi connectivity index (χ3v) is 4.60. The Hall–Kier alpha value is -1.54. The molecule has 1 aromatic carbocycles. The van der Waals surface area contributed by atoms with Crippen molar-refractivity contribution < 1.29 is 27.1 Å². The van der Waals surface area contributed by atoms with Gasteiger partial charge in [0.1, 0.15) is 16.3 Å². The van der Waals surface area contributed by atoms with E-state index in [9.17, 15) is 22.0 Å². The van der Waals surface area contributed by atoms with Gasteiger partial charge in [0.2, 0.25) is 10.0 Å². The maximum atomic E-state index is 13.8. The maximum absolute atomic E-state index is 13.8. The molecule has 1 fully saturated rings. The standard InChI is InChI=1S/C11H11F2NO4S/c1-11(4-5-11)14-19(17,18)7-3-2-6(12)8(9(7)13)10(15)16/h2-3,14H,4-5H2,1H3,(H,15,16). The van der Waals surface area contributed by atoms with E-state index in [1.807, 2.05) is 0 Å². The summed E-state index contributed by atoms with van der Waals surface area (Å²) < 4.78 is 53.1. The number of carboxylic acid groups (broad SMARTS) is 1. The first-order chi connectivity index (χ1) is 8.66. The number of hydrogen-bond donors (Lipinski definition) is 2. The second kappa shape index (κ2) is 4.24. The number of rotatable bonds is 4. The molecule has 0 radical (unpaired) electrons. The molecule has 0 aromatic heterocycles. The number of nitrogens with one attached hydrogen (secondary N) is 1. The van der Waals surface area contributed by atoms with Gasteiger partial charge in [-0.25, -0.2) is 26.7 Å². The zero-order valence-corrected chi connectivity index (χ0v) is 10.7.